The molecule has 2 aromatic carbocycles. The van der Waals surface area contributed by atoms with Gasteiger partial charge in [-0.15, -0.1) is 0 Å². The van der Waals surface area contributed by atoms with Crippen LogP contribution < -0.4 is 10.6 Å². The predicted molar refractivity (Wildman–Crippen MR) is 115 cm³/mol. The third kappa shape index (κ3) is 4.99. The zero-order valence-corrected chi connectivity index (χ0v) is 17.7. The van der Waals surface area contributed by atoms with Gasteiger partial charge in [0.25, 0.3) is 5.91 Å². The molecule has 0 spiro atoms. The number of rotatable bonds is 5. The molecule has 0 aliphatic rings. The van der Waals surface area contributed by atoms with Crippen LogP contribution in [0.15, 0.2) is 36.4 Å². The van der Waals surface area contributed by atoms with Gasteiger partial charge in [0.05, 0.1) is 21.0 Å². The molecule has 0 aliphatic heterocycles. The molecule has 0 saturated heterocycles. The summed E-state index contributed by atoms with van der Waals surface area (Å²) in [5.74, 6) is -0.255. The van der Waals surface area contributed by atoms with Gasteiger partial charge in [-0.2, -0.15) is 4.37 Å². The Balaban J connectivity index is 1.78. The summed E-state index contributed by atoms with van der Waals surface area (Å²) >= 11 is 13.6. The largest absolute Gasteiger partial charge is 0.321 e. The Hall–Kier alpha value is -1.66. The van der Waals surface area contributed by atoms with Crippen molar-refractivity contribution in [3.8, 4) is 0 Å². The highest BCUT2D eigenvalue weighted by Gasteiger charge is 2.15. The summed E-state index contributed by atoms with van der Waals surface area (Å²) in [7, 11) is 0. The molecule has 0 fully saturated rings. The minimum Gasteiger partial charge on any atom is -0.321 e. The molecule has 1 aromatic heterocycles. The van der Waals surface area contributed by atoms with Crippen LogP contribution in [-0.2, 0) is 6.54 Å². The minimum absolute atomic E-state index is 0.196. The molecule has 27 heavy (non-hydrogen) atoms. The number of nitrogens with one attached hydrogen (secondary N) is 2. The summed E-state index contributed by atoms with van der Waals surface area (Å²) in [6.45, 7) is 8.08. The van der Waals surface area contributed by atoms with E-state index < -0.39 is 0 Å². The lowest BCUT2D eigenvalue weighted by atomic mass is 9.97. The predicted octanol–water partition coefficient (Wildman–Crippen LogP) is 5.99. The van der Waals surface area contributed by atoms with Gasteiger partial charge in [-0.3, -0.25) is 4.79 Å². The first kappa shape index (κ1) is 20.1. The second kappa shape index (κ2) is 8.15. The second-order valence-corrected chi connectivity index (χ2v) is 9.13. The van der Waals surface area contributed by atoms with Crippen LogP contribution in [0.4, 0.5) is 5.69 Å². The van der Waals surface area contributed by atoms with Crippen LogP contribution in [0.3, 0.4) is 0 Å². The number of halogens is 2. The summed E-state index contributed by atoms with van der Waals surface area (Å²) in [6, 6.07) is 11.1. The molecule has 3 aromatic rings. The fraction of sp³-hybridized carbons (Fsp3) is 0.300. The third-order valence-electron chi connectivity index (χ3n) is 3.96. The molecule has 3 rings (SSSR count). The van der Waals surface area contributed by atoms with Gasteiger partial charge < -0.3 is 10.6 Å². The number of fused-ring (bicyclic) bond motifs is 1. The highest BCUT2D eigenvalue weighted by Crippen LogP contribution is 2.33. The quantitative estimate of drug-likeness (QED) is 0.531. The van der Waals surface area contributed by atoms with E-state index in [0.717, 1.165) is 22.2 Å². The van der Waals surface area contributed by atoms with Crippen molar-refractivity contribution in [1.29, 1.82) is 0 Å². The van der Waals surface area contributed by atoms with Crippen molar-refractivity contribution in [2.24, 2.45) is 5.41 Å². The van der Waals surface area contributed by atoms with Crippen molar-refractivity contribution in [3.05, 3.63) is 57.7 Å². The molecule has 0 unspecified atom stereocenters. The summed E-state index contributed by atoms with van der Waals surface area (Å²) in [6.07, 6.45) is 0. The van der Waals surface area contributed by atoms with E-state index in [0.29, 0.717) is 28.0 Å². The van der Waals surface area contributed by atoms with Crippen LogP contribution >= 0.6 is 34.7 Å². The minimum atomic E-state index is -0.255. The molecular formula is C20H21Cl2N3OS. The maximum absolute atomic E-state index is 12.8. The van der Waals surface area contributed by atoms with Gasteiger partial charge in [-0.25, -0.2) is 0 Å². The number of hydrogen-bond acceptors (Lipinski definition) is 4. The Labute approximate surface area is 173 Å². The molecule has 1 amide bonds. The molecule has 0 bridgehead atoms. The molecule has 7 heteroatoms. The molecule has 4 nitrogen and oxygen atoms in total. The average Bonchev–Trinajstić information content (AvgIpc) is 2.97. The molecule has 0 radical (unpaired) electrons. The Morgan fingerprint density at radius 1 is 1.19 bits per heavy atom. The lowest BCUT2D eigenvalue weighted by Crippen LogP contribution is -2.26. The first-order chi connectivity index (χ1) is 12.7. The first-order valence-corrected chi connectivity index (χ1v) is 10.1. The highest BCUT2D eigenvalue weighted by molar-refractivity contribution is 7.14. The fourth-order valence-corrected chi connectivity index (χ4v) is 3.93. The summed E-state index contributed by atoms with van der Waals surface area (Å²) < 4.78 is 4.99. The van der Waals surface area contributed by atoms with E-state index in [1.54, 1.807) is 6.07 Å². The lowest BCUT2D eigenvalue weighted by Gasteiger charge is -2.19. The third-order valence-corrected chi connectivity index (χ3v) is 5.58. The number of anilines is 1. The zero-order chi connectivity index (χ0) is 19.6. The number of hydrogen-bond donors (Lipinski definition) is 2. The summed E-state index contributed by atoms with van der Waals surface area (Å²) in [4.78, 5) is 12.8. The number of carbonyl (C=O) groups excluding carboxylic acids is 1. The SMILES string of the molecule is CC(C)(C)CNCc1ccc(Cl)c(C(=O)Nc2cccc3c(Cl)nsc23)c1. The Morgan fingerprint density at radius 2 is 1.96 bits per heavy atom. The van der Waals surface area contributed by atoms with Crippen LogP contribution in [0, 0.1) is 5.41 Å². The second-order valence-electron chi connectivity index (χ2n) is 7.59. The maximum atomic E-state index is 12.8. The summed E-state index contributed by atoms with van der Waals surface area (Å²) in [5.41, 5.74) is 2.32. The normalized spacial score (nSPS) is 11.7. The van der Waals surface area contributed by atoms with Crippen molar-refractivity contribution < 1.29 is 4.79 Å². The van der Waals surface area contributed by atoms with Crippen LogP contribution in [0.5, 0.6) is 0 Å². The Morgan fingerprint density at radius 3 is 2.70 bits per heavy atom. The number of aromatic nitrogens is 1. The van der Waals surface area contributed by atoms with Crippen molar-refractivity contribution in [2.75, 3.05) is 11.9 Å². The smallest absolute Gasteiger partial charge is 0.257 e. The molecule has 0 saturated carbocycles. The van der Waals surface area contributed by atoms with Crippen molar-refractivity contribution in [2.45, 2.75) is 27.3 Å². The first-order valence-electron chi connectivity index (χ1n) is 8.59. The van der Waals surface area contributed by atoms with Crippen LogP contribution in [0.1, 0.15) is 36.7 Å². The Kier molecular flexibility index (Phi) is 6.06. The van der Waals surface area contributed by atoms with Crippen LogP contribution in [0.25, 0.3) is 10.1 Å². The van der Waals surface area contributed by atoms with Gasteiger partial charge in [0.15, 0.2) is 5.15 Å². The van der Waals surface area contributed by atoms with E-state index in [1.165, 1.54) is 11.5 Å². The molecule has 1 heterocycles. The monoisotopic (exact) mass is 421 g/mol. The fourth-order valence-electron chi connectivity index (χ4n) is 2.66. The molecule has 0 atom stereocenters. The average molecular weight is 422 g/mol. The highest BCUT2D eigenvalue weighted by atomic mass is 35.5. The maximum Gasteiger partial charge on any atom is 0.257 e. The van der Waals surface area contributed by atoms with E-state index in [-0.39, 0.29) is 11.3 Å². The van der Waals surface area contributed by atoms with Crippen molar-refractivity contribution in [3.63, 3.8) is 0 Å². The number of carbonyl (C=O) groups is 1. The zero-order valence-electron chi connectivity index (χ0n) is 15.4. The van der Waals surface area contributed by atoms with Gasteiger partial charge in [0.1, 0.15) is 0 Å². The molecule has 142 valence electrons. The number of nitrogens with zero attached hydrogens (tertiary/aromatic N) is 1. The molecule has 0 aliphatic carbocycles. The topological polar surface area (TPSA) is 54.0 Å². The van der Waals surface area contributed by atoms with Crippen molar-refractivity contribution >= 4 is 56.4 Å². The van der Waals surface area contributed by atoms with Gasteiger partial charge in [0, 0.05) is 18.5 Å². The lowest BCUT2D eigenvalue weighted by molar-refractivity contribution is 0.102. The summed E-state index contributed by atoms with van der Waals surface area (Å²) in [5, 5.41) is 8.02. The van der Waals surface area contributed by atoms with E-state index >= 15 is 0 Å². The molecule has 2 N–H and O–H groups in total. The number of amides is 1. The standard InChI is InChI=1S/C20H21Cl2N3OS/c1-20(2,3)11-23-10-12-7-8-15(21)14(9-12)19(26)24-16-6-4-5-13-17(16)27-25-18(13)22/h4-9,23H,10-11H2,1-3H3,(H,24,26). The van der Waals surface area contributed by atoms with Gasteiger partial charge in [-0.1, -0.05) is 62.2 Å². The van der Waals surface area contributed by atoms with Gasteiger partial charge in [-0.05, 0) is 40.7 Å². The van der Waals surface area contributed by atoms with Gasteiger partial charge in [0.2, 0.25) is 0 Å². The van der Waals surface area contributed by atoms with Gasteiger partial charge >= 0.3 is 0 Å². The van der Waals surface area contributed by atoms with E-state index in [4.69, 9.17) is 23.2 Å². The molecular weight excluding hydrogens is 401 g/mol. The van der Waals surface area contributed by atoms with E-state index in [1.807, 2.05) is 30.3 Å². The van der Waals surface area contributed by atoms with Crippen LogP contribution in [0.2, 0.25) is 10.2 Å². The van der Waals surface area contributed by atoms with E-state index in [9.17, 15) is 4.79 Å². The van der Waals surface area contributed by atoms with Crippen LogP contribution in [-0.4, -0.2) is 16.8 Å². The van der Waals surface area contributed by atoms with E-state index in [2.05, 4.69) is 35.8 Å². The Bertz CT molecular complexity index is 979. The van der Waals surface area contributed by atoms with Crippen molar-refractivity contribution in [1.82, 2.24) is 9.69 Å². The number of benzene rings is 2.